The van der Waals surface area contributed by atoms with Crippen molar-refractivity contribution in [2.45, 2.75) is 45.2 Å². The first-order valence-corrected chi connectivity index (χ1v) is 8.22. The second-order valence-electron chi connectivity index (χ2n) is 6.41. The molecule has 2 atom stereocenters. The number of carbonyl (C=O) groups excluding carboxylic acids is 1. The van der Waals surface area contributed by atoms with Gasteiger partial charge >= 0.3 is 0 Å². The molecule has 7 nitrogen and oxygen atoms in total. The van der Waals surface area contributed by atoms with Crippen molar-refractivity contribution in [1.29, 1.82) is 0 Å². The molecule has 0 spiro atoms. The molecule has 2 saturated heterocycles. The predicted molar refractivity (Wildman–Crippen MR) is 85.4 cm³/mol. The zero-order chi connectivity index (χ0) is 16.4. The first kappa shape index (κ1) is 16.1. The first-order chi connectivity index (χ1) is 11.0. The van der Waals surface area contributed by atoms with Crippen LogP contribution in [0.25, 0.3) is 0 Å². The summed E-state index contributed by atoms with van der Waals surface area (Å²) in [6.45, 7) is 6.83. The van der Waals surface area contributed by atoms with Crippen molar-refractivity contribution in [1.82, 2.24) is 20.2 Å². The van der Waals surface area contributed by atoms with E-state index < -0.39 is 0 Å². The third-order valence-corrected chi connectivity index (χ3v) is 4.68. The third kappa shape index (κ3) is 3.61. The van der Waals surface area contributed by atoms with E-state index in [9.17, 15) is 9.59 Å². The number of nitrogens with zero attached hydrogens (tertiary/aromatic N) is 2. The summed E-state index contributed by atoms with van der Waals surface area (Å²) in [5, 5.41) is 3.04. The van der Waals surface area contributed by atoms with Crippen molar-refractivity contribution in [3.05, 3.63) is 27.4 Å². The van der Waals surface area contributed by atoms with Gasteiger partial charge in [-0.3, -0.25) is 14.5 Å². The van der Waals surface area contributed by atoms with Gasteiger partial charge in [-0.2, -0.15) is 0 Å². The minimum Gasteiger partial charge on any atom is -0.378 e. The summed E-state index contributed by atoms with van der Waals surface area (Å²) >= 11 is 0. The van der Waals surface area contributed by atoms with E-state index in [1.54, 1.807) is 13.8 Å². The highest BCUT2D eigenvalue weighted by Crippen LogP contribution is 2.19. The zero-order valence-electron chi connectivity index (χ0n) is 13.7. The Morgan fingerprint density at radius 3 is 2.78 bits per heavy atom. The van der Waals surface area contributed by atoms with Gasteiger partial charge in [-0.15, -0.1) is 0 Å². The topological polar surface area (TPSA) is 87.3 Å². The molecule has 0 radical (unpaired) electrons. The quantitative estimate of drug-likeness (QED) is 0.809. The summed E-state index contributed by atoms with van der Waals surface area (Å²) in [5.74, 6) is 0.416. The number of aryl methyl sites for hydroxylation is 2. The van der Waals surface area contributed by atoms with Gasteiger partial charge in [-0.25, -0.2) is 4.98 Å². The molecule has 0 saturated carbocycles. The van der Waals surface area contributed by atoms with Gasteiger partial charge in [0.15, 0.2) is 0 Å². The molecular weight excluding hydrogens is 296 g/mol. The lowest BCUT2D eigenvalue weighted by molar-refractivity contribution is -0.121. The van der Waals surface area contributed by atoms with Crippen molar-refractivity contribution < 1.29 is 9.53 Å². The summed E-state index contributed by atoms with van der Waals surface area (Å²) in [6, 6.07) is 0.246. The zero-order valence-corrected chi connectivity index (χ0v) is 13.7. The number of aromatic nitrogens is 2. The molecule has 0 aliphatic carbocycles. The monoisotopic (exact) mass is 320 g/mol. The standard InChI is InChI=1S/C16H24N4O3/c1-10-12(16(22)18-11(2)17-10)7-15(21)19-13-8-23-9-14(13)20-5-3-4-6-20/h13-14H,3-9H2,1-2H3,(H,19,21)(H,17,18,22)/t13-,14-/m1/s1. The van der Waals surface area contributed by atoms with Crippen LogP contribution in [0.15, 0.2) is 4.79 Å². The lowest BCUT2D eigenvalue weighted by Crippen LogP contribution is -2.50. The highest BCUT2D eigenvalue weighted by Gasteiger charge is 2.35. The van der Waals surface area contributed by atoms with Gasteiger partial charge in [0.05, 0.1) is 31.7 Å². The van der Waals surface area contributed by atoms with Crippen LogP contribution in [-0.2, 0) is 16.0 Å². The molecule has 1 amide bonds. The average molecular weight is 320 g/mol. The average Bonchev–Trinajstić information content (AvgIpc) is 3.13. The van der Waals surface area contributed by atoms with E-state index in [-0.39, 0.29) is 30.0 Å². The summed E-state index contributed by atoms with van der Waals surface area (Å²) in [7, 11) is 0. The number of ether oxygens (including phenoxy) is 1. The smallest absolute Gasteiger partial charge is 0.254 e. The normalized spacial score (nSPS) is 25.0. The fourth-order valence-electron chi connectivity index (χ4n) is 3.49. The first-order valence-electron chi connectivity index (χ1n) is 8.22. The minimum absolute atomic E-state index is 0.00149. The Labute approximate surface area is 135 Å². The van der Waals surface area contributed by atoms with Crippen LogP contribution in [0.2, 0.25) is 0 Å². The van der Waals surface area contributed by atoms with Gasteiger partial charge in [0, 0.05) is 11.3 Å². The summed E-state index contributed by atoms with van der Waals surface area (Å²) in [5.41, 5.74) is 0.814. The number of nitrogens with one attached hydrogen (secondary N) is 2. The molecule has 2 aliphatic heterocycles. The maximum absolute atomic E-state index is 12.4. The number of aromatic amines is 1. The summed E-state index contributed by atoms with van der Waals surface area (Å²) in [6.07, 6.45) is 2.47. The molecule has 0 bridgehead atoms. The molecule has 126 valence electrons. The highest BCUT2D eigenvalue weighted by atomic mass is 16.5. The molecule has 1 aromatic rings. The second-order valence-corrected chi connectivity index (χ2v) is 6.41. The Balaban J connectivity index is 1.64. The van der Waals surface area contributed by atoms with Crippen LogP contribution in [0.3, 0.4) is 0 Å². The maximum atomic E-state index is 12.4. The van der Waals surface area contributed by atoms with Gasteiger partial charge in [0.25, 0.3) is 5.56 Å². The van der Waals surface area contributed by atoms with Crippen LogP contribution in [0, 0.1) is 13.8 Å². The van der Waals surface area contributed by atoms with Crippen molar-refractivity contribution in [2.24, 2.45) is 0 Å². The number of likely N-dealkylation sites (tertiary alicyclic amines) is 1. The lowest BCUT2D eigenvalue weighted by atomic mass is 10.1. The number of hydrogen-bond donors (Lipinski definition) is 2. The second kappa shape index (κ2) is 6.80. The fraction of sp³-hybridized carbons (Fsp3) is 0.688. The van der Waals surface area contributed by atoms with E-state index in [1.165, 1.54) is 12.8 Å². The van der Waals surface area contributed by atoms with Crippen molar-refractivity contribution >= 4 is 5.91 Å². The SMILES string of the molecule is Cc1nc(C)c(CC(=O)N[C@@H]2COC[C@H]2N2CCCC2)c(=O)[nH]1. The van der Waals surface area contributed by atoms with E-state index in [1.807, 2.05) is 0 Å². The number of rotatable bonds is 4. The molecule has 0 aromatic carbocycles. The van der Waals surface area contributed by atoms with Crippen LogP contribution in [0.5, 0.6) is 0 Å². The molecule has 3 rings (SSSR count). The maximum Gasteiger partial charge on any atom is 0.254 e. The number of carbonyl (C=O) groups is 1. The number of H-pyrrole nitrogens is 1. The van der Waals surface area contributed by atoms with Crippen molar-refractivity contribution in [2.75, 3.05) is 26.3 Å². The Kier molecular flexibility index (Phi) is 4.77. The van der Waals surface area contributed by atoms with E-state index in [2.05, 4.69) is 20.2 Å². The molecule has 2 N–H and O–H groups in total. The van der Waals surface area contributed by atoms with Crippen LogP contribution >= 0.6 is 0 Å². The van der Waals surface area contributed by atoms with E-state index in [4.69, 9.17) is 4.74 Å². The van der Waals surface area contributed by atoms with Crippen LogP contribution < -0.4 is 10.9 Å². The number of amides is 1. The van der Waals surface area contributed by atoms with Gasteiger partial charge in [0.2, 0.25) is 5.91 Å². The molecule has 2 aliphatic rings. The largest absolute Gasteiger partial charge is 0.378 e. The molecule has 23 heavy (non-hydrogen) atoms. The predicted octanol–water partition coefficient (Wildman–Crippen LogP) is -0.0914. The van der Waals surface area contributed by atoms with E-state index in [0.29, 0.717) is 30.3 Å². The molecule has 3 heterocycles. The summed E-state index contributed by atoms with van der Waals surface area (Å²) < 4.78 is 5.56. The van der Waals surface area contributed by atoms with Crippen molar-refractivity contribution in [3.8, 4) is 0 Å². The van der Waals surface area contributed by atoms with Gasteiger partial charge < -0.3 is 15.0 Å². The molecule has 1 aromatic heterocycles. The molecule has 2 fully saturated rings. The molecule has 7 heteroatoms. The molecule has 0 unspecified atom stereocenters. The van der Waals surface area contributed by atoms with Gasteiger partial charge in [0.1, 0.15) is 5.82 Å². The third-order valence-electron chi connectivity index (χ3n) is 4.68. The van der Waals surface area contributed by atoms with Crippen LogP contribution in [0.4, 0.5) is 0 Å². The number of hydrogen-bond acceptors (Lipinski definition) is 5. The van der Waals surface area contributed by atoms with Gasteiger partial charge in [-0.1, -0.05) is 0 Å². The lowest BCUT2D eigenvalue weighted by Gasteiger charge is -2.27. The molecular formula is C16H24N4O3. The summed E-state index contributed by atoms with van der Waals surface area (Å²) in [4.78, 5) is 33.6. The Morgan fingerprint density at radius 2 is 2.09 bits per heavy atom. The van der Waals surface area contributed by atoms with Crippen LogP contribution in [-0.4, -0.2) is 59.2 Å². The van der Waals surface area contributed by atoms with E-state index >= 15 is 0 Å². The van der Waals surface area contributed by atoms with Gasteiger partial charge in [-0.05, 0) is 39.8 Å². The van der Waals surface area contributed by atoms with E-state index in [0.717, 1.165) is 13.1 Å². The Morgan fingerprint density at radius 1 is 1.35 bits per heavy atom. The Bertz CT molecular complexity index is 637. The fourth-order valence-corrected chi connectivity index (χ4v) is 3.49. The Hall–Kier alpha value is -1.73. The minimum atomic E-state index is -0.232. The highest BCUT2D eigenvalue weighted by molar-refractivity contribution is 5.79. The van der Waals surface area contributed by atoms with Crippen LogP contribution in [0.1, 0.15) is 29.9 Å². The van der Waals surface area contributed by atoms with Crippen molar-refractivity contribution in [3.63, 3.8) is 0 Å².